The van der Waals surface area contributed by atoms with E-state index in [0.717, 1.165) is 19.3 Å². The van der Waals surface area contributed by atoms with Crippen LogP contribution in [0, 0.1) is 0 Å². The summed E-state index contributed by atoms with van der Waals surface area (Å²) in [6, 6.07) is -13.9. The molecule has 0 atom stereocenters. The lowest BCUT2D eigenvalue weighted by Crippen LogP contribution is -2.76. The van der Waals surface area contributed by atoms with Gasteiger partial charge in [-0.3, -0.25) is 4.48 Å². The zero-order valence-corrected chi connectivity index (χ0v) is 26.5. The van der Waals surface area contributed by atoms with Gasteiger partial charge in [-0.15, -0.1) is 13.5 Å². The van der Waals surface area contributed by atoms with Crippen LogP contribution < -0.4 is 4.72 Å². The van der Waals surface area contributed by atoms with Crippen molar-refractivity contribution in [2.24, 2.45) is 0 Å². The molecule has 51 heavy (non-hydrogen) atoms. The highest BCUT2D eigenvalue weighted by Gasteiger charge is 2.96. The maximum Gasteiger partial charge on any atom is 0.462 e. The van der Waals surface area contributed by atoms with Crippen LogP contribution in [0.1, 0.15) is 58.3 Å². The van der Waals surface area contributed by atoms with E-state index in [1.807, 2.05) is 6.92 Å². The molecule has 0 aliphatic heterocycles. The van der Waals surface area contributed by atoms with E-state index in [9.17, 15) is 109 Å². The van der Waals surface area contributed by atoms with Gasteiger partial charge in [0.25, 0.3) is 10.0 Å². The Kier molecular flexibility index (Phi) is 14.0. The van der Waals surface area contributed by atoms with Crippen LogP contribution >= 0.6 is 0 Å². The number of quaternary nitrogens is 1. The minimum Gasteiger partial charge on any atom is -0.262 e. The molecule has 0 bridgehead atoms. The molecular weight excluding hydrogens is 805 g/mol. The third-order valence-corrected chi connectivity index (χ3v) is 8.85. The highest BCUT2D eigenvalue weighted by Crippen LogP contribution is 2.64. The van der Waals surface area contributed by atoms with Crippen molar-refractivity contribution in [3.63, 3.8) is 0 Å². The average molecular weight is 834 g/mol. The number of alkyl halides is 23. The first-order valence-corrected chi connectivity index (χ1v) is 15.2. The first-order chi connectivity index (χ1) is 22.0. The molecule has 4 nitrogen and oxygen atoms in total. The Labute approximate surface area is 273 Å². The number of nitrogens with zero attached hydrogens (tertiary/aromatic N) is 1. The highest BCUT2D eigenvalue weighted by atomic mass is 32.2. The largest absolute Gasteiger partial charge is 0.462 e. The molecule has 0 amide bonds. The fraction of sp³-hybridized carbons (Fsp3) is 1.00. The van der Waals surface area contributed by atoms with Gasteiger partial charge in [0.1, 0.15) is 0 Å². The number of unbranched alkanes of at least 4 members (excludes halogenated alkanes) is 7. The Hall–Kier alpha value is -1.74. The van der Waals surface area contributed by atoms with E-state index >= 15 is 0 Å². The number of halogens is 23. The third kappa shape index (κ3) is 7.91. The second-order valence-electron chi connectivity index (χ2n) is 11.6. The molecule has 0 aromatic heterocycles. The zero-order valence-electron chi connectivity index (χ0n) is 25.7. The van der Waals surface area contributed by atoms with Crippen LogP contribution in [0.15, 0.2) is 0 Å². The minimum absolute atomic E-state index is 0.0164. The summed E-state index contributed by atoms with van der Waals surface area (Å²) in [5, 5.41) is -8.69. The van der Waals surface area contributed by atoms with Gasteiger partial charge in [-0.05, 0) is 12.8 Å². The number of hydrogen-bond acceptors (Lipinski definition) is 2. The summed E-state index contributed by atoms with van der Waals surface area (Å²) in [4.78, 5) is 0. The first-order valence-electron chi connectivity index (χ1n) is 13.7. The van der Waals surface area contributed by atoms with Crippen molar-refractivity contribution in [1.29, 1.82) is 0 Å². The van der Waals surface area contributed by atoms with Crippen molar-refractivity contribution >= 4 is 10.0 Å². The average Bonchev–Trinajstić information content (AvgIpc) is 2.92. The van der Waals surface area contributed by atoms with Gasteiger partial charge in [0, 0.05) is 0 Å². The van der Waals surface area contributed by atoms with Gasteiger partial charge in [0.05, 0.1) is 20.6 Å². The number of hydrogen-bond donors (Lipinski definition) is 1. The van der Waals surface area contributed by atoms with Gasteiger partial charge in [-0.1, -0.05) is 45.4 Å². The van der Waals surface area contributed by atoms with Crippen LogP contribution in [0.3, 0.4) is 0 Å². The molecule has 0 saturated heterocycles. The predicted octanol–water partition coefficient (Wildman–Crippen LogP) is 9.91. The molecule has 28 heteroatoms. The van der Waals surface area contributed by atoms with Crippen molar-refractivity contribution in [2.75, 3.05) is 20.6 Å². The van der Waals surface area contributed by atoms with Crippen molar-refractivity contribution in [1.82, 2.24) is 4.72 Å². The van der Waals surface area contributed by atoms with Crippen LogP contribution in [0.25, 0.3) is 0 Å². The lowest BCUT2D eigenvalue weighted by molar-refractivity contribution is -0.990. The van der Waals surface area contributed by atoms with Crippen molar-refractivity contribution in [3.8, 4) is 0 Å². The standard InChI is InChI=1S/C23H28F23N2O2S/c1-4-5-6-7-8-9-10-11-12-48(2,3)22(43,44)19(36,37)21(41,42)47-51(49,50)23(45,46)18(34,35)16(30,31)14(26,27)13(24,25)15(28,29)17(32,33)20(38,39)40/h47H,4-12H2,1-3H3/q+1. The summed E-state index contributed by atoms with van der Waals surface area (Å²) in [6.45, 7) is 0.672. The number of rotatable bonds is 21. The monoisotopic (exact) mass is 833 g/mol. The minimum atomic E-state index is -9.34. The quantitative estimate of drug-likeness (QED) is 0.0542. The van der Waals surface area contributed by atoms with Gasteiger partial charge >= 0.3 is 65.0 Å². The summed E-state index contributed by atoms with van der Waals surface area (Å²) >= 11 is 0. The molecule has 0 saturated carbocycles. The van der Waals surface area contributed by atoms with E-state index in [2.05, 4.69) is 0 Å². The molecule has 0 heterocycles. The molecule has 0 aromatic carbocycles. The van der Waals surface area contributed by atoms with Gasteiger partial charge < -0.3 is 0 Å². The molecule has 0 unspecified atom stereocenters. The summed E-state index contributed by atoms with van der Waals surface area (Å²) < 4.78 is 334. The van der Waals surface area contributed by atoms with Crippen LogP contribution in [-0.2, 0) is 10.0 Å². The highest BCUT2D eigenvalue weighted by molar-refractivity contribution is 7.90. The Balaban J connectivity index is 6.67. The van der Waals surface area contributed by atoms with Crippen molar-refractivity contribution < 1.29 is 114 Å². The maximum atomic E-state index is 14.7. The Morgan fingerprint density at radius 3 is 1.12 bits per heavy atom. The summed E-state index contributed by atoms with van der Waals surface area (Å²) in [5.74, 6) is -61.9. The van der Waals surface area contributed by atoms with Gasteiger partial charge in [-0.25, -0.2) is 8.42 Å². The fourth-order valence-corrected chi connectivity index (χ4v) is 5.03. The van der Waals surface area contributed by atoms with Gasteiger partial charge in [-0.2, -0.15) is 92.2 Å². The Morgan fingerprint density at radius 2 is 0.765 bits per heavy atom. The maximum absolute atomic E-state index is 14.7. The van der Waals surface area contributed by atoms with E-state index in [1.165, 1.54) is 0 Å². The van der Waals surface area contributed by atoms with Crippen LogP contribution in [0.4, 0.5) is 101 Å². The zero-order chi connectivity index (χ0) is 41.6. The van der Waals surface area contributed by atoms with Crippen LogP contribution in [0.2, 0.25) is 0 Å². The van der Waals surface area contributed by atoms with Crippen molar-refractivity contribution in [3.05, 3.63) is 0 Å². The molecular formula is C23H28F23N2O2S+. The topological polar surface area (TPSA) is 46.2 Å². The van der Waals surface area contributed by atoms with E-state index < -0.39 is 97.2 Å². The number of sulfonamides is 1. The lowest BCUT2D eigenvalue weighted by atomic mass is 9.91. The fourth-order valence-electron chi connectivity index (χ4n) is 3.97. The SMILES string of the molecule is CCCCCCCCCC[N+](C)(C)C(F)(F)C(F)(F)C(F)(F)NS(=O)(=O)C(F)(F)C(F)(F)C(F)(F)C(F)(F)C(F)(F)C(F)(F)C(F)(F)C(F)(F)F. The van der Waals surface area contributed by atoms with E-state index in [1.54, 1.807) is 0 Å². The van der Waals surface area contributed by atoms with Crippen molar-refractivity contribution in [2.45, 2.75) is 123 Å². The van der Waals surface area contributed by atoms with E-state index in [-0.39, 0.29) is 26.9 Å². The molecule has 0 fully saturated rings. The number of nitrogens with one attached hydrogen (secondary N) is 1. The molecule has 0 aromatic rings. The van der Waals surface area contributed by atoms with Gasteiger partial charge in [0.2, 0.25) is 0 Å². The normalized spacial score (nSPS) is 16.2. The van der Waals surface area contributed by atoms with E-state index in [4.69, 9.17) is 0 Å². The summed E-state index contributed by atoms with van der Waals surface area (Å²) in [7, 11) is -8.91. The Bertz CT molecular complexity index is 1280. The van der Waals surface area contributed by atoms with E-state index in [0.29, 0.717) is 12.8 Å². The second kappa shape index (κ2) is 14.5. The van der Waals surface area contributed by atoms with Gasteiger partial charge in [0.15, 0.2) is 0 Å². The van der Waals surface area contributed by atoms with Crippen LogP contribution in [0.5, 0.6) is 0 Å². The molecule has 0 radical (unpaired) electrons. The lowest BCUT2D eigenvalue weighted by Gasteiger charge is -2.43. The smallest absolute Gasteiger partial charge is 0.262 e. The predicted molar refractivity (Wildman–Crippen MR) is 127 cm³/mol. The third-order valence-electron chi connectivity index (χ3n) is 7.40. The molecule has 0 rings (SSSR count). The second-order valence-corrected chi connectivity index (χ2v) is 13.4. The summed E-state index contributed by atoms with van der Waals surface area (Å²) in [5.41, 5.74) is 0. The summed E-state index contributed by atoms with van der Waals surface area (Å²) in [6.07, 6.45) is -4.77. The first kappa shape index (κ1) is 49.3. The molecule has 0 aliphatic carbocycles. The Morgan fingerprint density at radius 1 is 0.451 bits per heavy atom. The molecule has 1 N–H and O–H groups in total. The van der Waals surface area contributed by atoms with Crippen LogP contribution in [-0.4, -0.2) is 98.5 Å². The molecule has 308 valence electrons. The molecule has 0 aliphatic rings. The molecule has 0 spiro atoms.